The van der Waals surface area contributed by atoms with Crippen LogP contribution in [-0.4, -0.2) is 34.0 Å². The highest BCUT2D eigenvalue weighted by atomic mass is 16.5. The monoisotopic (exact) mass is 392 g/mol. The fourth-order valence-electron chi connectivity index (χ4n) is 3.81. The van der Waals surface area contributed by atoms with Gasteiger partial charge in [-0.15, -0.1) is 0 Å². The summed E-state index contributed by atoms with van der Waals surface area (Å²) in [6.07, 6.45) is 5.50. The Labute approximate surface area is 171 Å². The molecule has 6 nitrogen and oxygen atoms in total. The lowest BCUT2D eigenvalue weighted by Gasteiger charge is -2.26. The summed E-state index contributed by atoms with van der Waals surface area (Å²) in [7, 11) is 0. The molecular formula is C23H28N4O2. The highest BCUT2D eigenvalue weighted by Gasteiger charge is 2.16. The van der Waals surface area contributed by atoms with Crippen LogP contribution in [0, 0.1) is 0 Å². The minimum absolute atomic E-state index is 0.146. The van der Waals surface area contributed by atoms with Crippen molar-refractivity contribution in [2.75, 3.05) is 13.1 Å². The second-order valence-corrected chi connectivity index (χ2v) is 8.14. The number of aromatic nitrogens is 2. The highest BCUT2D eigenvalue weighted by Crippen LogP contribution is 2.24. The number of benzene rings is 1. The molecule has 1 aromatic carbocycles. The Hall–Kier alpha value is -2.73. The summed E-state index contributed by atoms with van der Waals surface area (Å²) in [5.74, 6) is 0.0625. The topological polar surface area (TPSA) is 71.3 Å². The van der Waals surface area contributed by atoms with Crippen molar-refractivity contribution in [1.82, 2.24) is 20.4 Å². The van der Waals surface area contributed by atoms with Gasteiger partial charge in [0.1, 0.15) is 0 Å². The molecule has 0 bridgehead atoms. The Morgan fingerprint density at radius 1 is 1.14 bits per heavy atom. The third kappa shape index (κ3) is 4.65. The Balaban J connectivity index is 1.36. The van der Waals surface area contributed by atoms with E-state index < -0.39 is 0 Å². The van der Waals surface area contributed by atoms with Crippen molar-refractivity contribution in [3.05, 3.63) is 58.9 Å². The summed E-state index contributed by atoms with van der Waals surface area (Å²) in [6.45, 7) is 7.97. The fraction of sp³-hybridized carbons (Fsp3) is 0.435. The van der Waals surface area contributed by atoms with Gasteiger partial charge in [0.15, 0.2) is 0 Å². The van der Waals surface area contributed by atoms with E-state index in [2.05, 4.69) is 44.6 Å². The number of carbonyl (C=O) groups excluding carboxylic acids is 1. The zero-order chi connectivity index (χ0) is 20.2. The van der Waals surface area contributed by atoms with E-state index in [-0.39, 0.29) is 11.8 Å². The van der Waals surface area contributed by atoms with Crippen molar-refractivity contribution in [1.29, 1.82) is 0 Å². The number of nitrogens with zero attached hydrogens (tertiary/aromatic N) is 3. The van der Waals surface area contributed by atoms with Crippen molar-refractivity contribution in [3.8, 4) is 0 Å². The number of hydrogen-bond acceptors (Lipinski definition) is 5. The van der Waals surface area contributed by atoms with Crippen LogP contribution >= 0.6 is 0 Å². The third-order valence-corrected chi connectivity index (χ3v) is 5.50. The van der Waals surface area contributed by atoms with Gasteiger partial charge in [-0.3, -0.25) is 9.69 Å². The van der Waals surface area contributed by atoms with Crippen LogP contribution in [0.3, 0.4) is 0 Å². The molecule has 0 atom stereocenters. The van der Waals surface area contributed by atoms with Crippen LogP contribution in [0.5, 0.6) is 0 Å². The molecule has 1 N–H and O–H groups in total. The minimum Gasteiger partial charge on any atom is -0.348 e. The number of hydrogen-bond donors (Lipinski definition) is 1. The first-order chi connectivity index (χ1) is 14.1. The smallest absolute Gasteiger partial charge is 0.257 e. The van der Waals surface area contributed by atoms with E-state index >= 15 is 0 Å². The summed E-state index contributed by atoms with van der Waals surface area (Å²) in [6, 6.07) is 10.3. The van der Waals surface area contributed by atoms with Crippen LogP contribution in [0.1, 0.15) is 66.2 Å². The fourth-order valence-corrected chi connectivity index (χ4v) is 3.81. The molecule has 0 saturated carbocycles. The molecule has 0 radical (unpaired) electrons. The van der Waals surface area contributed by atoms with Crippen molar-refractivity contribution < 1.29 is 9.32 Å². The molecule has 1 amide bonds. The summed E-state index contributed by atoms with van der Waals surface area (Å²) < 4.78 is 5.24. The molecule has 1 saturated heterocycles. The molecule has 3 aromatic rings. The maximum atomic E-state index is 12.6. The number of rotatable bonds is 6. The normalized spacial score (nSPS) is 15.1. The van der Waals surface area contributed by atoms with Gasteiger partial charge >= 0.3 is 0 Å². The minimum atomic E-state index is -0.146. The number of likely N-dealkylation sites (tertiary alicyclic amines) is 1. The Morgan fingerprint density at radius 3 is 2.59 bits per heavy atom. The number of carbonyl (C=O) groups is 1. The van der Waals surface area contributed by atoms with Gasteiger partial charge in [-0.2, -0.15) is 0 Å². The lowest BCUT2D eigenvalue weighted by molar-refractivity contribution is 0.0950. The first kappa shape index (κ1) is 19.6. The zero-order valence-electron chi connectivity index (χ0n) is 17.1. The van der Waals surface area contributed by atoms with E-state index in [1.165, 1.54) is 44.1 Å². The SMILES string of the molecule is CC(C)c1noc2ncc(C(=O)NCc3ccc(CN4CCCCC4)cc3)cc12. The Kier molecular flexibility index (Phi) is 5.90. The quantitative estimate of drug-likeness (QED) is 0.679. The maximum absolute atomic E-state index is 12.6. The van der Waals surface area contributed by atoms with Crippen molar-refractivity contribution in [2.45, 2.75) is 52.1 Å². The summed E-state index contributed by atoms with van der Waals surface area (Å²) >= 11 is 0. The standard InChI is InChI=1S/C23H28N4O2/c1-16(2)21-20-12-19(14-25-23(20)29-26-21)22(28)24-13-17-6-8-18(9-7-17)15-27-10-4-3-5-11-27/h6-9,12,14,16H,3-5,10-11,13,15H2,1-2H3,(H,24,28). The van der Waals surface area contributed by atoms with Crippen molar-refractivity contribution in [3.63, 3.8) is 0 Å². The number of fused-ring (bicyclic) bond motifs is 1. The Bertz CT molecular complexity index is 972. The lowest BCUT2D eigenvalue weighted by Crippen LogP contribution is -2.29. The van der Waals surface area contributed by atoms with Crippen molar-refractivity contribution >= 4 is 17.0 Å². The molecule has 0 unspecified atom stereocenters. The number of pyridine rings is 1. The van der Waals surface area contributed by atoms with Gasteiger partial charge < -0.3 is 9.84 Å². The predicted octanol–water partition coefficient (Wildman–Crippen LogP) is 4.26. The summed E-state index contributed by atoms with van der Waals surface area (Å²) in [4.78, 5) is 19.3. The van der Waals surface area contributed by atoms with E-state index in [1.54, 1.807) is 0 Å². The highest BCUT2D eigenvalue weighted by molar-refractivity contribution is 5.97. The first-order valence-electron chi connectivity index (χ1n) is 10.4. The van der Waals surface area contributed by atoms with E-state index in [0.29, 0.717) is 17.8 Å². The second-order valence-electron chi connectivity index (χ2n) is 8.14. The van der Waals surface area contributed by atoms with Gasteiger partial charge in [-0.05, 0) is 49.0 Å². The first-order valence-corrected chi connectivity index (χ1v) is 10.4. The molecule has 29 heavy (non-hydrogen) atoms. The van der Waals surface area contributed by atoms with Crippen LogP contribution in [0.4, 0.5) is 0 Å². The predicted molar refractivity (Wildman–Crippen MR) is 113 cm³/mol. The summed E-state index contributed by atoms with van der Waals surface area (Å²) in [5.41, 5.74) is 4.22. The van der Waals surface area contributed by atoms with E-state index in [1.807, 2.05) is 19.9 Å². The molecule has 1 aliphatic rings. The number of piperidine rings is 1. The zero-order valence-corrected chi connectivity index (χ0v) is 17.1. The molecule has 6 heteroatoms. The average molecular weight is 393 g/mol. The molecule has 152 valence electrons. The van der Waals surface area contributed by atoms with Crippen LogP contribution in [0.2, 0.25) is 0 Å². The van der Waals surface area contributed by atoms with Gasteiger partial charge in [-0.1, -0.05) is 49.7 Å². The van der Waals surface area contributed by atoms with Crippen LogP contribution in [-0.2, 0) is 13.1 Å². The molecule has 1 aliphatic heterocycles. The van der Waals surface area contributed by atoms with Gasteiger partial charge in [-0.25, -0.2) is 4.98 Å². The van der Waals surface area contributed by atoms with E-state index in [0.717, 1.165) is 23.2 Å². The van der Waals surface area contributed by atoms with Crippen LogP contribution in [0.15, 0.2) is 41.1 Å². The van der Waals surface area contributed by atoms with E-state index in [9.17, 15) is 4.79 Å². The Morgan fingerprint density at radius 2 is 1.86 bits per heavy atom. The molecular weight excluding hydrogens is 364 g/mol. The number of amides is 1. The van der Waals surface area contributed by atoms with Crippen LogP contribution in [0.25, 0.3) is 11.1 Å². The van der Waals surface area contributed by atoms with Crippen molar-refractivity contribution in [2.24, 2.45) is 0 Å². The largest absolute Gasteiger partial charge is 0.348 e. The van der Waals surface area contributed by atoms with E-state index in [4.69, 9.17) is 4.52 Å². The molecule has 4 rings (SSSR count). The molecule has 0 spiro atoms. The molecule has 2 aromatic heterocycles. The maximum Gasteiger partial charge on any atom is 0.257 e. The molecule has 0 aliphatic carbocycles. The summed E-state index contributed by atoms with van der Waals surface area (Å²) in [5, 5.41) is 7.85. The van der Waals surface area contributed by atoms with Gasteiger partial charge in [0.25, 0.3) is 11.6 Å². The van der Waals surface area contributed by atoms with Gasteiger partial charge in [0.2, 0.25) is 0 Å². The average Bonchev–Trinajstić information content (AvgIpc) is 3.17. The number of nitrogens with one attached hydrogen (secondary N) is 1. The molecule has 1 fully saturated rings. The molecule has 3 heterocycles. The second kappa shape index (κ2) is 8.74. The van der Waals surface area contributed by atoms with Crippen LogP contribution < -0.4 is 5.32 Å². The third-order valence-electron chi connectivity index (χ3n) is 5.50. The van der Waals surface area contributed by atoms with Gasteiger partial charge in [0, 0.05) is 19.3 Å². The lowest BCUT2D eigenvalue weighted by atomic mass is 10.1. The van der Waals surface area contributed by atoms with Gasteiger partial charge in [0.05, 0.1) is 16.6 Å².